The van der Waals surface area contributed by atoms with Crippen LogP contribution in [0.5, 0.6) is 5.75 Å². The fourth-order valence-electron chi connectivity index (χ4n) is 4.93. The molecule has 2 amide bonds. The van der Waals surface area contributed by atoms with Crippen LogP contribution in [0.1, 0.15) is 72.3 Å². The zero-order chi connectivity index (χ0) is 32.8. The largest absolute Gasteiger partial charge is 0.461 e. The number of allylic oxidation sites excluding steroid dienone is 1. The molecule has 0 aliphatic heterocycles. The Kier molecular flexibility index (Phi) is 10.5. The van der Waals surface area contributed by atoms with Gasteiger partial charge in [-0.05, 0) is 99.0 Å². The van der Waals surface area contributed by atoms with Gasteiger partial charge in [-0.15, -0.1) is 0 Å². The molecule has 4 rings (SSSR count). The van der Waals surface area contributed by atoms with E-state index in [4.69, 9.17) is 4.74 Å². The summed E-state index contributed by atoms with van der Waals surface area (Å²) in [7, 11) is 0. The molecule has 240 valence electrons. The molecular formula is C34H36F4N2O5. The van der Waals surface area contributed by atoms with E-state index in [1.807, 2.05) is 18.2 Å². The fourth-order valence-corrected chi connectivity index (χ4v) is 4.93. The Bertz CT molecular complexity index is 1520. The fraction of sp³-hybridized carbons (Fsp3) is 0.353. The Balaban J connectivity index is 1.60. The van der Waals surface area contributed by atoms with Crippen molar-refractivity contribution in [2.75, 3.05) is 5.32 Å². The van der Waals surface area contributed by atoms with Crippen molar-refractivity contribution in [3.05, 3.63) is 101 Å². The Morgan fingerprint density at radius 1 is 1.00 bits per heavy atom. The van der Waals surface area contributed by atoms with E-state index in [0.29, 0.717) is 22.4 Å². The maximum atomic E-state index is 13.7. The van der Waals surface area contributed by atoms with Gasteiger partial charge in [-0.1, -0.05) is 48.6 Å². The van der Waals surface area contributed by atoms with E-state index < -0.39 is 48.0 Å². The van der Waals surface area contributed by atoms with Gasteiger partial charge in [0.25, 0.3) is 5.91 Å². The number of ether oxygens (including phenoxy) is 2. The minimum absolute atomic E-state index is 0.0624. The Hall–Kier alpha value is -4.38. The molecule has 0 saturated carbocycles. The standard InChI is InChI=1S/C34H36F4N2O5/c1-33(2,3)45-32(43)39-24-17-15-23(16-18-24)29(41)28(20-21-9-7-12-25(19-21)44-34(37,38)31(35)36)40-30(42)27-14-8-11-22-10-5-4-6-13-26(22)27/h6-9,11-19,28-29,31,41H,4-5,10,20H2,1-3H3,(H,39,43)(H,40,42). The number of rotatable bonds is 10. The molecule has 45 heavy (non-hydrogen) atoms. The number of amides is 2. The summed E-state index contributed by atoms with van der Waals surface area (Å²) >= 11 is 0. The van der Waals surface area contributed by atoms with Crippen molar-refractivity contribution >= 4 is 23.8 Å². The van der Waals surface area contributed by atoms with Crippen LogP contribution in [0.2, 0.25) is 0 Å². The SMILES string of the molecule is CC(C)(C)OC(=O)Nc1ccc(C(O)C(Cc2cccc(OC(F)(F)C(F)F)c2)NC(=O)c2cccc3c2C=CCCC3)cc1. The number of halogens is 4. The van der Waals surface area contributed by atoms with Crippen molar-refractivity contribution in [1.82, 2.24) is 5.32 Å². The zero-order valence-electron chi connectivity index (χ0n) is 25.2. The molecule has 11 heteroatoms. The van der Waals surface area contributed by atoms with E-state index in [2.05, 4.69) is 15.4 Å². The highest BCUT2D eigenvalue weighted by Crippen LogP contribution is 2.30. The first-order valence-electron chi connectivity index (χ1n) is 14.5. The average Bonchev–Trinajstić information content (AvgIpc) is 3.21. The summed E-state index contributed by atoms with van der Waals surface area (Å²) in [5, 5.41) is 17.0. The predicted octanol–water partition coefficient (Wildman–Crippen LogP) is 7.69. The van der Waals surface area contributed by atoms with Gasteiger partial charge in [-0.2, -0.15) is 17.6 Å². The molecule has 1 aliphatic rings. The summed E-state index contributed by atoms with van der Waals surface area (Å²) in [6.45, 7) is 5.20. The Labute approximate surface area is 259 Å². The molecule has 0 heterocycles. The smallest absolute Gasteiger partial charge is 0.444 e. The van der Waals surface area contributed by atoms with Gasteiger partial charge in [0.15, 0.2) is 0 Å². The third-order valence-corrected chi connectivity index (χ3v) is 7.00. The molecule has 3 aromatic rings. The summed E-state index contributed by atoms with van der Waals surface area (Å²) in [4.78, 5) is 25.8. The maximum absolute atomic E-state index is 13.7. The maximum Gasteiger partial charge on any atom is 0.461 e. The molecule has 0 fully saturated rings. The first-order chi connectivity index (χ1) is 21.2. The third kappa shape index (κ3) is 9.31. The number of hydrogen-bond acceptors (Lipinski definition) is 5. The predicted molar refractivity (Wildman–Crippen MR) is 163 cm³/mol. The average molecular weight is 629 g/mol. The van der Waals surface area contributed by atoms with Crippen molar-refractivity contribution in [3.8, 4) is 5.75 Å². The lowest BCUT2D eigenvalue weighted by Crippen LogP contribution is -2.41. The lowest BCUT2D eigenvalue weighted by molar-refractivity contribution is -0.253. The molecule has 2 atom stereocenters. The van der Waals surface area contributed by atoms with Crippen molar-refractivity contribution in [2.24, 2.45) is 0 Å². The van der Waals surface area contributed by atoms with Gasteiger partial charge < -0.3 is 19.9 Å². The van der Waals surface area contributed by atoms with Crippen molar-refractivity contribution in [3.63, 3.8) is 0 Å². The Morgan fingerprint density at radius 3 is 2.40 bits per heavy atom. The number of nitrogens with one attached hydrogen (secondary N) is 2. The van der Waals surface area contributed by atoms with Crippen LogP contribution in [0.4, 0.5) is 28.0 Å². The monoisotopic (exact) mass is 628 g/mol. The Morgan fingerprint density at radius 2 is 1.71 bits per heavy atom. The van der Waals surface area contributed by atoms with Crippen LogP contribution in [0.25, 0.3) is 6.08 Å². The molecule has 2 unspecified atom stereocenters. The van der Waals surface area contributed by atoms with Crippen LogP contribution < -0.4 is 15.4 Å². The van der Waals surface area contributed by atoms with Crippen molar-refractivity contribution < 1.29 is 41.7 Å². The molecule has 1 aliphatic carbocycles. The second-order valence-electron chi connectivity index (χ2n) is 11.8. The van der Waals surface area contributed by atoms with Gasteiger partial charge in [0.2, 0.25) is 0 Å². The minimum atomic E-state index is -4.69. The number of fused-ring (bicyclic) bond motifs is 1. The molecule has 0 saturated heterocycles. The van der Waals surface area contributed by atoms with Crippen LogP contribution in [0.15, 0.2) is 72.8 Å². The molecule has 7 nitrogen and oxygen atoms in total. The highest BCUT2D eigenvalue weighted by atomic mass is 19.3. The van der Waals surface area contributed by atoms with Gasteiger partial charge in [0.1, 0.15) is 11.4 Å². The second kappa shape index (κ2) is 14.2. The summed E-state index contributed by atoms with van der Waals surface area (Å²) in [6, 6.07) is 15.9. The number of benzene rings is 3. The van der Waals surface area contributed by atoms with E-state index in [1.165, 1.54) is 6.07 Å². The lowest BCUT2D eigenvalue weighted by Gasteiger charge is -2.26. The van der Waals surface area contributed by atoms with E-state index in [-0.39, 0.29) is 6.42 Å². The first kappa shape index (κ1) is 33.5. The molecular weight excluding hydrogens is 592 g/mol. The second-order valence-corrected chi connectivity index (χ2v) is 11.8. The van der Waals surface area contributed by atoms with Crippen molar-refractivity contribution in [1.29, 1.82) is 0 Å². The number of aliphatic hydroxyl groups excluding tert-OH is 1. The van der Waals surface area contributed by atoms with Crippen LogP contribution in [0, 0.1) is 0 Å². The number of carbonyl (C=O) groups is 2. The molecule has 0 aromatic heterocycles. The summed E-state index contributed by atoms with van der Waals surface area (Å²) in [6.07, 6.45) is -4.21. The summed E-state index contributed by atoms with van der Waals surface area (Å²) in [5.74, 6) is -0.948. The van der Waals surface area contributed by atoms with E-state index in [0.717, 1.165) is 42.5 Å². The van der Waals surface area contributed by atoms with Gasteiger partial charge in [-0.3, -0.25) is 10.1 Å². The van der Waals surface area contributed by atoms with Crippen molar-refractivity contribution in [2.45, 2.75) is 76.7 Å². The highest BCUT2D eigenvalue weighted by molar-refractivity contribution is 5.98. The highest BCUT2D eigenvalue weighted by Gasteiger charge is 2.44. The van der Waals surface area contributed by atoms with Gasteiger partial charge in [0.05, 0.1) is 12.1 Å². The number of aliphatic hydroxyl groups is 1. The van der Waals surface area contributed by atoms with E-state index in [1.54, 1.807) is 63.2 Å². The van der Waals surface area contributed by atoms with E-state index in [9.17, 15) is 32.3 Å². The van der Waals surface area contributed by atoms with Crippen LogP contribution in [-0.2, 0) is 17.6 Å². The molecule has 3 N–H and O–H groups in total. The number of hydrogen-bond donors (Lipinski definition) is 3. The third-order valence-electron chi connectivity index (χ3n) is 7.00. The van der Waals surface area contributed by atoms with Gasteiger partial charge in [0, 0.05) is 11.3 Å². The first-order valence-corrected chi connectivity index (χ1v) is 14.5. The summed E-state index contributed by atoms with van der Waals surface area (Å²) in [5.41, 5.74) is 2.65. The minimum Gasteiger partial charge on any atom is -0.444 e. The summed E-state index contributed by atoms with van der Waals surface area (Å²) < 4.78 is 62.1. The number of carbonyl (C=O) groups excluding carboxylic acids is 2. The number of aryl methyl sites for hydroxylation is 1. The van der Waals surface area contributed by atoms with Crippen LogP contribution in [-0.4, -0.2) is 41.3 Å². The normalized spacial score (nSPS) is 14.6. The number of anilines is 1. The van der Waals surface area contributed by atoms with Gasteiger partial charge in [-0.25, -0.2) is 4.79 Å². The topological polar surface area (TPSA) is 96.9 Å². The van der Waals surface area contributed by atoms with Crippen LogP contribution in [0.3, 0.4) is 0 Å². The number of alkyl halides is 4. The van der Waals surface area contributed by atoms with E-state index >= 15 is 0 Å². The van der Waals surface area contributed by atoms with Crippen LogP contribution >= 0.6 is 0 Å². The lowest BCUT2D eigenvalue weighted by atomic mass is 9.94. The van der Waals surface area contributed by atoms with Gasteiger partial charge >= 0.3 is 18.6 Å². The quantitative estimate of drug-likeness (QED) is 0.200. The molecule has 0 radical (unpaired) electrons. The molecule has 0 bridgehead atoms. The molecule has 3 aromatic carbocycles. The zero-order valence-corrected chi connectivity index (χ0v) is 25.2. The molecule has 0 spiro atoms.